The van der Waals surface area contributed by atoms with E-state index in [4.69, 9.17) is 0 Å². The van der Waals surface area contributed by atoms with E-state index in [9.17, 15) is 17.2 Å². The third-order valence-electron chi connectivity index (χ3n) is 5.45. The summed E-state index contributed by atoms with van der Waals surface area (Å²) in [6.45, 7) is 1.79. The first-order valence-electron chi connectivity index (χ1n) is 9.18. The fourth-order valence-corrected chi connectivity index (χ4v) is 5.13. The molecular formula is C20H21F2N3O2S. The van der Waals surface area contributed by atoms with Gasteiger partial charge in [0.1, 0.15) is 16.5 Å². The quantitative estimate of drug-likeness (QED) is 0.788. The number of fused-ring (bicyclic) bond motifs is 1. The van der Waals surface area contributed by atoms with E-state index < -0.39 is 21.7 Å². The maximum Gasteiger partial charge on any atom is 0.285 e. The first kappa shape index (κ1) is 19.0. The summed E-state index contributed by atoms with van der Waals surface area (Å²) in [5.41, 5.74) is 0.987. The molecule has 0 saturated carbocycles. The van der Waals surface area contributed by atoms with E-state index in [-0.39, 0.29) is 10.9 Å². The first-order chi connectivity index (χ1) is 13.3. The second-order valence-corrected chi connectivity index (χ2v) is 8.81. The molecule has 2 aromatic carbocycles. The molecule has 28 heavy (non-hydrogen) atoms. The molecule has 148 valence electrons. The molecule has 0 N–H and O–H groups in total. The molecule has 2 aliphatic heterocycles. The van der Waals surface area contributed by atoms with E-state index >= 15 is 0 Å². The van der Waals surface area contributed by atoms with Crippen molar-refractivity contribution in [3.8, 4) is 0 Å². The summed E-state index contributed by atoms with van der Waals surface area (Å²) in [7, 11) is -1.78. The molecule has 5 nitrogen and oxygen atoms in total. The molecule has 0 amide bonds. The smallest absolute Gasteiger partial charge is 0.285 e. The summed E-state index contributed by atoms with van der Waals surface area (Å²) in [4.78, 5) is 4.27. The van der Waals surface area contributed by atoms with Gasteiger partial charge in [-0.1, -0.05) is 12.1 Å². The van der Waals surface area contributed by atoms with Crippen molar-refractivity contribution in [2.24, 2.45) is 4.40 Å². The van der Waals surface area contributed by atoms with E-state index in [0.29, 0.717) is 36.6 Å². The summed E-state index contributed by atoms with van der Waals surface area (Å²) in [6.07, 6.45) is 1.57. The Morgan fingerprint density at radius 1 is 1.14 bits per heavy atom. The minimum atomic E-state index is -3.64. The number of likely N-dealkylation sites (tertiary alicyclic amines) is 1. The number of halogens is 2. The van der Waals surface area contributed by atoms with Gasteiger partial charge in [-0.3, -0.25) is 4.90 Å². The Bertz CT molecular complexity index is 1030. The molecule has 2 heterocycles. The normalized spacial score (nSPS) is 19.3. The number of piperidine rings is 1. The van der Waals surface area contributed by atoms with Gasteiger partial charge in [-0.25, -0.2) is 8.78 Å². The topological polar surface area (TPSA) is 53.0 Å². The molecule has 0 aromatic heterocycles. The summed E-state index contributed by atoms with van der Waals surface area (Å²) in [5, 5.41) is 0. The number of hydrogen-bond acceptors (Lipinski definition) is 4. The van der Waals surface area contributed by atoms with Gasteiger partial charge in [-0.2, -0.15) is 8.42 Å². The molecule has 1 fully saturated rings. The molecular weight excluding hydrogens is 384 g/mol. The highest BCUT2D eigenvalue weighted by Crippen LogP contribution is 2.29. The fourth-order valence-electron chi connectivity index (χ4n) is 3.89. The van der Waals surface area contributed by atoms with Gasteiger partial charge in [0, 0.05) is 43.9 Å². The Morgan fingerprint density at radius 2 is 1.86 bits per heavy atom. The third-order valence-corrected chi connectivity index (χ3v) is 6.78. The van der Waals surface area contributed by atoms with Crippen LogP contribution < -0.4 is 0 Å². The lowest BCUT2D eigenvalue weighted by molar-refractivity contribution is 0.158. The molecule has 0 bridgehead atoms. The number of rotatable bonds is 3. The first-order valence-corrected chi connectivity index (χ1v) is 10.6. The Labute approximate surface area is 163 Å². The number of nitrogens with zero attached hydrogens (tertiary/aromatic N) is 3. The van der Waals surface area contributed by atoms with Crippen LogP contribution in [0.25, 0.3) is 0 Å². The predicted molar refractivity (Wildman–Crippen MR) is 103 cm³/mol. The van der Waals surface area contributed by atoms with Gasteiger partial charge < -0.3 is 4.90 Å². The highest BCUT2D eigenvalue weighted by molar-refractivity contribution is 7.90. The van der Waals surface area contributed by atoms with Crippen LogP contribution in [0, 0.1) is 11.6 Å². The molecule has 0 radical (unpaired) electrons. The Balaban J connectivity index is 1.44. The SMILES string of the molecule is CN(C1=NS(=O)(=O)c2ccccc21)C1CCN(Cc2cc(F)ccc2F)CC1. The van der Waals surface area contributed by atoms with Gasteiger partial charge in [0.05, 0.1) is 0 Å². The van der Waals surface area contributed by atoms with Crippen LogP contribution in [-0.4, -0.2) is 50.2 Å². The van der Waals surface area contributed by atoms with Crippen LogP contribution in [0.5, 0.6) is 0 Å². The van der Waals surface area contributed by atoms with Crippen LogP contribution in [0.4, 0.5) is 8.78 Å². The number of sulfonamides is 1. The van der Waals surface area contributed by atoms with Crippen LogP contribution in [0.3, 0.4) is 0 Å². The second kappa shape index (κ2) is 7.25. The molecule has 1 saturated heterocycles. The summed E-state index contributed by atoms with van der Waals surface area (Å²) in [5.74, 6) is -0.363. The molecule has 8 heteroatoms. The van der Waals surface area contributed by atoms with Gasteiger partial charge in [0.15, 0.2) is 5.84 Å². The van der Waals surface area contributed by atoms with Crippen molar-refractivity contribution in [2.45, 2.75) is 30.3 Å². The molecule has 4 rings (SSSR count). The van der Waals surface area contributed by atoms with E-state index in [1.54, 1.807) is 24.3 Å². The van der Waals surface area contributed by atoms with E-state index in [1.807, 2.05) is 11.9 Å². The van der Waals surface area contributed by atoms with Crippen molar-refractivity contribution >= 4 is 15.9 Å². The Hall–Kier alpha value is -2.32. The van der Waals surface area contributed by atoms with Gasteiger partial charge in [-0.05, 0) is 43.2 Å². The summed E-state index contributed by atoms with van der Waals surface area (Å²) >= 11 is 0. The van der Waals surface area contributed by atoms with Crippen molar-refractivity contribution in [2.75, 3.05) is 20.1 Å². The minimum absolute atomic E-state index is 0.133. The van der Waals surface area contributed by atoms with Crippen LogP contribution in [-0.2, 0) is 16.6 Å². The van der Waals surface area contributed by atoms with Crippen LogP contribution >= 0.6 is 0 Å². The second-order valence-electron chi connectivity index (χ2n) is 7.24. The van der Waals surface area contributed by atoms with Crippen molar-refractivity contribution in [1.29, 1.82) is 0 Å². The molecule has 0 unspecified atom stereocenters. The highest BCUT2D eigenvalue weighted by atomic mass is 32.2. The maximum atomic E-state index is 13.9. The number of benzene rings is 2. The minimum Gasteiger partial charge on any atom is -0.355 e. The fraction of sp³-hybridized carbons (Fsp3) is 0.350. The Kier molecular flexibility index (Phi) is 4.93. The van der Waals surface area contributed by atoms with Gasteiger partial charge in [-0.15, -0.1) is 4.40 Å². The van der Waals surface area contributed by atoms with Crippen molar-refractivity contribution < 1.29 is 17.2 Å². The summed E-state index contributed by atoms with van der Waals surface area (Å²) < 4.78 is 55.8. The highest BCUT2D eigenvalue weighted by Gasteiger charge is 2.33. The monoisotopic (exact) mass is 405 g/mol. The van der Waals surface area contributed by atoms with Crippen LogP contribution in [0.15, 0.2) is 51.8 Å². The molecule has 0 aliphatic carbocycles. The number of hydrogen-bond donors (Lipinski definition) is 0. The zero-order valence-corrected chi connectivity index (χ0v) is 16.3. The van der Waals surface area contributed by atoms with Crippen molar-refractivity contribution in [3.05, 3.63) is 65.2 Å². The lowest BCUT2D eigenvalue weighted by Crippen LogP contribution is -2.45. The van der Waals surface area contributed by atoms with E-state index in [0.717, 1.165) is 25.0 Å². The van der Waals surface area contributed by atoms with Crippen molar-refractivity contribution in [3.63, 3.8) is 0 Å². The Morgan fingerprint density at radius 3 is 2.61 bits per heavy atom. The zero-order valence-electron chi connectivity index (χ0n) is 15.5. The lowest BCUT2D eigenvalue weighted by Gasteiger charge is -2.37. The average Bonchev–Trinajstić information content (AvgIpc) is 2.96. The van der Waals surface area contributed by atoms with Crippen molar-refractivity contribution in [1.82, 2.24) is 9.80 Å². The number of amidine groups is 1. The average molecular weight is 405 g/mol. The predicted octanol–water partition coefficient (Wildman–Crippen LogP) is 3.01. The molecule has 2 aliphatic rings. The van der Waals surface area contributed by atoms with E-state index in [2.05, 4.69) is 9.30 Å². The van der Waals surface area contributed by atoms with Crippen LogP contribution in [0.1, 0.15) is 24.0 Å². The standard InChI is InChI=1S/C20H21F2N3O2S/c1-24(20-17-4-2-3-5-19(17)28(26,27)23-20)16-8-10-25(11-9-16)13-14-12-15(21)6-7-18(14)22/h2-7,12,16H,8-11,13H2,1H3. The molecule has 0 spiro atoms. The van der Waals surface area contributed by atoms with Gasteiger partial charge in [0.25, 0.3) is 10.0 Å². The van der Waals surface area contributed by atoms with Gasteiger partial charge >= 0.3 is 0 Å². The maximum absolute atomic E-state index is 13.9. The van der Waals surface area contributed by atoms with Crippen LogP contribution in [0.2, 0.25) is 0 Å². The third kappa shape index (κ3) is 3.54. The summed E-state index contributed by atoms with van der Waals surface area (Å²) in [6, 6.07) is 10.5. The molecule has 2 aromatic rings. The van der Waals surface area contributed by atoms with Gasteiger partial charge in [0.2, 0.25) is 0 Å². The zero-order chi connectivity index (χ0) is 19.9. The lowest BCUT2D eigenvalue weighted by atomic mass is 10.0. The largest absolute Gasteiger partial charge is 0.355 e. The molecule has 0 atom stereocenters. The van der Waals surface area contributed by atoms with E-state index in [1.165, 1.54) is 6.07 Å².